The van der Waals surface area contributed by atoms with Crippen LogP contribution in [0.2, 0.25) is 0 Å². The molecule has 68 valence electrons. The lowest BCUT2D eigenvalue weighted by Crippen LogP contribution is -1.90. The minimum Gasteiger partial charge on any atom is -0.389 e. The summed E-state index contributed by atoms with van der Waals surface area (Å²) in [6.07, 6.45) is 7.33. The van der Waals surface area contributed by atoms with Gasteiger partial charge in [-0.2, -0.15) is 0 Å². The summed E-state index contributed by atoms with van der Waals surface area (Å²) < 4.78 is 0. The maximum atomic E-state index is 8.85. The van der Waals surface area contributed by atoms with Crippen LogP contribution in [0.25, 0.3) is 0 Å². The molecule has 0 aromatic rings. The summed E-state index contributed by atoms with van der Waals surface area (Å²) in [5.41, 5.74) is 0. The van der Waals surface area contributed by atoms with Gasteiger partial charge in [0, 0.05) is 6.42 Å². The average molecular weight is 174 g/mol. The van der Waals surface area contributed by atoms with Crippen molar-refractivity contribution >= 4 is 0 Å². The van der Waals surface area contributed by atoms with Gasteiger partial charge in [-0.05, 0) is 24.8 Å². The van der Waals surface area contributed by atoms with Crippen molar-refractivity contribution in [3.63, 3.8) is 0 Å². The molecule has 0 rings (SSSR count). The molecule has 0 fully saturated rings. The number of aliphatic hydroxyl groups excluding tert-OH is 1. The van der Waals surface area contributed by atoms with Gasteiger partial charge in [0.05, 0.1) is 6.10 Å². The van der Waals surface area contributed by atoms with E-state index in [1.165, 1.54) is 0 Å². The van der Waals surface area contributed by atoms with E-state index in [2.05, 4.69) is 23.7 Å². The van der Waals surface area contributed by atoms with Crippen LogP contribution in [0.4, 0.5) is 0 Å². The quantitative estimate of drug-likeness (QED) is 0.500. The molecule has 0 aromatic heterocycles. The average Bonchev–Trinajstić information content (AvgIpc) is 2.09. The van der Waals surface area contributed by atoms with E-state index < -0.39 is 6.10 Å². The molecular formula is C12H14O. The zero-order valence-corrected chi connectivity index (χ0v) is 8.04. The molecule has 0 aromatic carbocycles. The van der Waals surface area contributed by atoms with Crippen LogP contribution >= 0.6 is 0 Å². The van der Waals surface area contributed by atoms with E-state index in [1.807, 2.05) is 6.92 Å². The van der Waals surface area contributed by atoms with Gasteiger partial charge in [-0.3, -0.25) is 0 Å². The van der Waals surface area contributed by atoms with Gasteiger partial charge in [0.1, 0.15) is 0 Å². The highest BCUT2D eigenvalue weighted by atomic mass is 16.3. The number of allylic oxidation sites excluding steroid dienone is 3. The van der Waals surface area contributed by atoms with Crippen molar-refractivity contribution in [1.29, 1.82) is 0 Å². The van der Waals surface area contributed by atoms with Gasteiger partial charge in [-0.25, -0.2) is 0 Å². The minimum atomic E-state index is -0.405. The first-order valence-corrected chi connectivity index (χ1v) is 4.27. The van der Waals surface area contributed by atoms with Gasteiger partial charge < -0.3 is 5.11 Å². The van der Waals surface area contributed by atoms with Crippen molar-refractivity contribution in [3.05, 3.63) is 24.3 Å². The van der Waals surface area contributed by atoms with E-state index in [1.54, 1.807) is 31.2 Å². The van der Waals surface area contributed by atoms with Crippen LogP contribution in [0.5, 0.6) is 0 Å². The number of aliphatic hydroxyl groups is 1. The lowest BCUT2D eigenvalue weighted by atomic mass is 10.3. The second kappa shape index (κ2) is 8.65. The first kappa shape index (κ1) is 11.6. The van der Waals surface area contributed by atoms with E-state index in [4.69, 9.17) is 5.11 Å². The standard InChI is InChI=1S/C12H14O/c1-3-4-5-6-7-8-9-10-11-12(2)13/h8-13H,3H2,1-2H3/b9-8+,11-10+. The zero-order chi connectivity index (χ0) is 9.94. The van der Waals surface area contributed by atoms with Crippen molar-refractivity contribution in [2.75, 3.05) is 0 Å². The van der Waals surface area contributed by atoms with E-state index in [0.29, 0.717) is 0 Å². The molecule has 13 heavy (non-hydrogen) atoms. The normalized spacial score (nSPS) is 11.9. The predicted octanol–water partition coefficient (Wildman–Crippen LogP) is 1.90. The number of hydrogen-bond donors (Lipinski definition) is 1. The summed E-state index contributed by atoms with van der Waals surface area (Å²) >= 11 is 0. The SMILES string of the molecule is CCC#CC#C/C=C/C=C/C(C)O. The topological polar surface area (TPSA) is 20.2 Å². The number of rotatable bonds is 2. The van der Waals surface area contributed by atoms with Gasteiger partial charge in [0.2, 0.25) is 0 Å². The summed E-state index contributed by atoms with van der Waals surface area (Å²) in [5.74, 6) is 11.0. The third-order valence-corrected chi connectivity index (χ3v) is 1.08. The van der Waals surface area contributed by atoms with E-state index in [0.717, 1.165) is 6.42 Å². The molecule has 0 heterocycles. The van der Waals surface area contributed by atoms with E-state index in [-0.39, 0.29) is 0 Å². The second-order valence-corrected chi connectivity index (χ2v) is 2.41. The molecule has 0 saturated carbocycles. The predicted molar refractivity (Wildman–Crippen MR) is 55.8 cm³/mol. The third-order valence-electron chi connectivity index (χ3n) is 1.08. The first-order valence-electron chi connectivity index (χ1n) is 4.27. The lowest BCUT2D eigenvalue weighted by Gasteiger charge is -1.88. The number of hydrogen-bond acceptors (Lipinski definition) is 1. The summed E-state index contributed by atoms with van der Waals surface area (Å²) in [4.78, 5) is 0. The van der Waals surface area contributed by atoms with Gasteiger partial charge in [0.15, 0.2) is 0 Å². The van der Waals surface area contributed by atoms with Crippen molar-refractivity contribution in [2.45, 2.75) is 26.4 Å². The molecule has 0 saturated heterocycles. The van der Waals surface area contributed by atoms with Gasteiger partial charge >= 0.3 is 0 Å². The molecule has 0 aliphatic heterocycles. The van der Waals surface area contributed by atoms with Crippen LogP contribution in [0.15, 0.2) is 24.3 Å². The smallest absolute Gasteiger partial charge is 0.0695 e. The molecular weight excluding hydrogens is 160 g/mol. The van der Waals surface area contributed by atoms with Crippen LogP contribution in [0, 0.1) is 23.7 Å². The Kier molecular flexibility index (Phi) is 7.70. The molecule has 1 atom stereocenters. The van der Waals surface area contributed by atoms with Crippen LogP contribution in [0.1, 0.15) is 20.3 Å². The van der Waals surface area contributed by atoms with Gasteiger partial charge in [-0.15, -0.1) is 0 Å². The van der Waals surface area contributed by atoms with E-state index in [9.17, 15) is 0 Å². The highest BCUT2D eigenvalue weighted by Crippen LogP contribution is 1.83. The Hall–Kier alpha value is -1.44. The molecule has 1 nitrogen and oxygen atoms in total. The minimum absolute atomic E-state index is 0.405. The molecule has 0 spiro atoms. The highest BCUT2D eigenvalue weighted by molar-refractivity contribution is 5.31. The van der Waals surface area contributed by atoms with Crippen LogP contribution < -0.4 is 0 Å². The monoisotopic (exact) mass is 174 g/mol. The molecule has 0 aliphatic carbocycles. The van der Waals surface area contributed by atoms with Crippen LogP contribution in [-0.4, -0.2) is 11.2 Å². The second-order valence-electron chi connectivity index (χ2n) is 2.41. The van der Waals surface area contributed by atoms with Crippen molar-refractivity contribution in [3.8, 4) is 23.7 Å². The van der Waals surface area contributed by atoms with Crippen molar-refractivity contribution in [2.24, 2.45) is 0 Å². The summed E-state index contributed by atoms with van der Waals surface area (Å²) in [6, 6.07) is 0. The zero-order valence-electron chi connectivity index (χ0n) is 8.04. The molecule has 0 radical (unpaired) electrons. The van der Waals surface area contributed by atoms with Gasteiger partial charge in [0.25, 0.3) is 0 Å². The molecule has 0 amide bonds. The fourth-order valence-electron chi connectivity index (χ4n) is 0.539. The Bertz CT molecular complexity index is 287. The Balaban J connectivity index is 3.79. The fourth-order valence-corrected chi connectivity index (χ4v) is 0.539. The third kappa shape index (κ3) is 10.6. The van der Waals surface area contributed by atoms with E-state index >= 15 is 0 Å². The maximum absolute atomic E-state index is 8.85. The van der Waals surface area contributed by atoms with Crippen molar-refractivity contribution < 1.29 is 5.11 Å². The lowest BCUT2D eigenvalue weighted by molar-refractivity contribution is 0.244. The Labute approximate surface area is 80.2 Å². The molecule has 0 bridgehead atoms. The molecule has 1 unspecified atom stereocenters. The Morgan fingerprint density at radius 1 is 1.31 bits per heavy atom. The fraction of sp³-hybridized carbons (Fsp3) is 0.333. The largest absolute Gasteiger partial charge is 0.389 e. The van der Waals surface area contributed by atoms with Crippen LogP contribution in [0.3, 0.4) is 0 Å². The first-order chi connectivity index (χ1) is 6.27. The highest BCUT2D eigenvalue weighted by Gasteiger charge is 1.79. The Morgan fingerprint density at radius 3 is 2.69 bits per heavy atom. The van der Waals surface area contributed by atoms with Crippen molar-refractivity contribution in [1.82, 2.24) is 0 Å². The van der Waals surface area contributed by atoms with Crippen LogP contribution in [-0.2, 0) is 0 Å². The summed E-state index contributed by atoms with van der Waals surface area (Å²) in [5, 5.41) is 8.85. The summed E-state index contributed by atoms with van der Waals surface area (Å²) in [7, 11) is 0. The summed E-state index contributed by atoms with van der Waals surface area (Å²) in [6.45, 7) is 3.68. The molecule has 1 heteroatoms. The maximum Gasteiger partial charge on any atom is 0.0695 e. The molecule has 1 N–H and O–H groups in total. The Morgan fingerprint density at radius 2 is 2.08 bits per heavy atom. The van der Waals surface area contributed by atoms with Gasteiger partial charge in [-0.1, -0.05) is 37.0 Å². The molecule has 0 aliphatic rings.